The molecule has 5 heteroatoms. The molecule has 1 saturated carbocycles. The summed E-state index contributed by atoms with van der Waals surface area (Å²) in [6, 6.07) is 2.13. The first-order valence-corrected chi connectivity index (χ1v) is 7.22. The molecule has 2 aromatic rings. The second-order valence-corrected chi connectivity index (χ2v) is 6.44. The number of aromatic nitrogens is 2. The van der Waals surface area contributed by atoms with E-state index in [1.54, 1.807) is 11.3 Å². The van der Waals surface area contributed by atoms with Crippen molar-refractivity contribution in [2.45, 2.75) is 26.7 Å². The average Bonchev–Trinajstić information content (AvgIpc) is 3.08. The zero-order valence-electron chi connectivity index (χ0n) is 10.7. The summed E-state index contributed by atoms with van der Waals surface area (Å²) in [5.74, 6) is 2.84. The van der Waals surface area contributed by atoms with Crippen molar-refractivity contribution in [3.05, 3.63) is 10.9 Å². The number of nitrogen functional groups attached to an aromatic ring is 1. The maximum absolute atomic E-state index is 5.76. The average molecular weight is 262 g/mol. The topological polar surface area (TPSA) is 63.8 Å². The zero-order chi connectivity index (χ0) is 12.7. The molecule has 4 nitrogen and oxygen atoms in total. The summed E-state index contributed by atoms with van der Waals surface area (Å²) in [6.07, 6.45) is 2.75. The lowest BCUT2D eigenvalue weighted by molar-refractivity contribution is 0.536. The fraction of sp³-hybridized carbons (Fsp3) is 0.538. The van der Waals surface area contributed by atoms with Crippen LogP contribution >= 0.6 is 11.3 Å². The van der Waals surface area contributed by atoms with Crippen LogP contribution in [0.1, 0.15) is 24.6 Å². The summed E-state index contributed by atoms with van der Waals surface area (Å²) in [4.78, 5) is 10.8. The van der Waals surface area contributed by atoms with Crippen LogP contribution in [-0.2, 0) is 0 Å². The van der Waals surface area contributed by atoms with E-state index in [4.69, 9.17) is 5.73 Å². The Hall–Kier alpha value is -1.36. The fourth-order valence-corrected chi connectivity index (χ4v) is 3.17. The van der Waals surface area contributed by atoms with E-state index in [1.165, 1.54) is 17.7 Å². The molecule has 0 spiro atoms. The number of aryl methyl sites for hydroxylation is 1. The highest BCUT2D eigenvalue weighted by molar-refractivity contribution is 7.18. The highest BCUT2D eigenvalue weighted by Crippen LogP contribution is 2.37. The Bertz CT molecular complexity index is 574. The monoisotopic (exact) mass is 262 g/mol. The Morgan fingerprint density at radius 2 is 2.28 bits per heavy atom. The van der Waals surface area contributed by atoms with E-state index < -0.39 is 0 Å². The molecule has 96 valence electrons. The highest BCUT2D eigenvalue weighted by atomic mass is 32.1. The molecule has 3 N–H and O–H groups in total. The minimum Gasteiger partial charge on any atom is -0.369 e. The van der Waals surface area contributed by atoms with E-state index in [2.05, 4.69) is 35.2 Å². The summed E-state index contributed by atoms with van der Waals surface area (Å²) < 4.78 is 0. The fourth-order valence-electron chi connectivity index (χ4n) is 2.28. The summed E-state index contributed by atoms with van der Waals surface area (Å²) in [5.41, 5.74) is 5.76. The molecular weight excluding hydrogens is 244 g/mol. The Kier molecular flexibility index (Phi) is 2.86. The number of hydrogen-bond acceptors (Lipinski definition) is 5. The van der Waals surface area contributed by atoms with Crippen molar-refractivity contribution < 1.29 is 0 Å². The van der Waals surface area contributed by atoms with Gasteiger partial charge in [0.1, 0.15) is 10.6 Å². The predicted octanol–water partition coefficient (Wildman–Crippen LogP) is 3.04. The van der Waals surface area contributed by atoms with Crippen LogP contribution in [-0.4, -0.2) is 16.5 Å². The molecule has 0 radical (unpaired) electrons. The minimum atomic E-state index is 0.353. The molecule has 1 unspecified atom stereocenters. The maximum Gasteiger partial charge on any atom is 0.223 e. The van der Waals surface area contributed by atoms with Crippen LogP contribution in [0, 0.1) is 18.8 Å². The molecule has 2 aromatic heterocycles. The second kappa shape index (κ2) is 4.39. The molecule has 0 aliphatic heterocycles. The van der Waals surface area contributed by atoms with Crippen LogP contribution in [0.15, 0.2) is 6.07 Å². The predicted molar refractivity (Wildman–Crippen MR) is 76.9 cm³/mol. The van der Waals surface area contributed by atoms with Gasteiger partial charge in [0.2, 0.25) is 5.95 Å². The van der Waals surface area contributed by atoms with E-state index in [0.717, 1.165) is 28.5 Å². The van der Waals surface area contributed by atoms with Gasteiger partial charge in [-0.3, -0.25) is 0 Å². The lowest BCUT2D eigenvalue weighted by Crippen LogP contribution is -2.14. The summed E-state index contributed by atoms with van der Waals surface area (Å²) in [7, 11) is 0. The van der Waals surface area contributed by atoms with Gasteiger partial charge in [-0.05, 0) is 37.7 Å². The Balaban J connectivity index is 1.85. The smallest absolute Gasteiger partial charge is 0.223 e. The summed E-state index contributed by atoms with van der Waals surface area (Å²) in [6.45, 7) is 5.34. The molecule has 0 saturated heterocycles. The van der Waals surface area contributed by atoms with Crippen LogP contribution < -0.4 is 11.1 Å². The first-order chi connectivity index (χ1) is 8.63. The molecule has 3 rings (SSSR count). The molecular formula is C13H18N4S. The third-order valence-corrected chi connectivity index (χ3v) is 4.50. The van der Waals surface area contributed by atoms with Gasteiger partial charge in [0, 0.05) is 11.4 Å². The van der Waals surface area contributed by atoms with Crippen molar-refractivity contribution in [3.63, 3.8) is 0 Å². The van der Waals surface area contributed by atoms with E-state index in [-0.39, 0.29) is 0 Å². The maximum atomic E-state index is 5.76. The molecule has 0 bridgehead atoms. The number of fused-ring (bicyclic) bond motifs is 1. The molecule has 18 heavy (non-hydrogen) atoms. The van der Waals surface area contributed by atoms with Crippen LogP contribution in [0.4, 0.5) is 11.8 Å². The SMILES string of the molecule is Cc1cc2c(NCC(C)C3CC3)nc(N)nc2s1. The van der Waals surface area contributed by atoms with Gasteiger partial charge in [-0.2, -0.15) is 4.98 Å². The number of nitrogens with zero attached hydrogens (tertiary/aromatic N) is 2. The van der Waals surface area contributed by atoms with Crippen LogP contribution in [0.5, 0.6) is 0 Å². The lowest BCUT2D eigenvalue weighted by Gasteiger charge is -2.12. The zero-order valence-corrected chi connectivity index (χ0v) is 11.5. The van der Waals surface area contributed by atoms with Crippen molar-refractivity contribution in [2.75, 3.05) is 17.6 Å². The van der Waals surface area contributed by atoms with Gasteiger partial charge in [0.25, 0.3) is 0 Å². The highest BCUT2D eigenvalue weighted by Gasteiger charge is 2.27. The first-order valence-electron chi connectivity index (χ1n) is 6.41. The van der Waals surface area contributed by atoms with Crippen LogP contribution in [0.25, 0.3) is 10.2 Å². The number of nitrogens with two attached hydrogens (primary N) is 1. The van der Waals surface area contributed by atoms with Crippen molar-refractivity contribution in [3.8, 4) is 0 Å². The number of hydrogen-bond donors (Lipinski definition) is 2. The molecule has 2 heterocycles. The van der Waals surface area contributed by atoms with Gasteiger partial charge in [0.15, 0.2) is 0 Å². The largest absolute Gasteiger partial charge is 0.369 e. The van der Waals surface area contributed by atoms with Gasteiger partial charge in [-0.25, -0.2) is 4.98 Å². The molecule has 1 aliphatic carbocycles. The van der Waals surface area contributed by atoms with Gasteiger partial charge in [0.05, 0.1) is 5.39 Å². The number of rotatable bonds is 4. The first kappa shape index (κ1) is 11.7. The number of nitrogens with one attached hydrogen (secondary N) is 1. The van der Waals surface area contributed by atoms with Crippen molar-refractivity contribution in [2.24, 2.45) is 11.8 Å². The van der Waals surface area contributed by atoms with Crippen molar-refractivity contribution in [1.82, 2.24) is 9.97 Å². The number of anilines is 2. The van der Waals surface area contributed by atoms with Gasteiger partial charge in [-0.15, -0.1) is 11.3 Å². The van der Waals surface area contributed by atoms with Crippen LogP contribution in [0.2, 0.25) is 0 Å². The normalized spacial score (nSPS) is 17.0. The number of thiophene rings is 1. The van der Waals surface area contributed by atoms with Gasteiger partial charge in [-0.1, -0.05) is 6.92 Å². The lowest BCUT2D eigenvalue weighted by atomic mass is 10.1. The molecule has 1 fully saturated rings. The summed E-state index contributed by atoms with van der Waals surface area (Å²) >= 11 is 1.66. The quantitative estimate of drug-likeness (QED) is 0.889. The van der Waals surface area contributed by atoms with Gasteiger partial charge >= 0.3 is 0 Å². The third kappa shape index (κ3) is 2.27. The van der Waals surface area contributed by atoms with E-state index in [9.17, 15) is 0 Å². The van der Waals surface area contributed by atoms with Crippen LogP contribution in [0.3, 0.4) is 0 Å². The molecule has 0 aromatic carbocycles. The molecule has 1 aliphatic rings. The minimum absolute atomic E-state index is 0.353. The molecule has 0 amide bonds. The Labute approximate surface area is 111 Å². The second-order valence-electron chi connectivity index (χ2n) is 5.20. The van der Waals surface area contributed by atoms with Gasteiger partial charge < -0.3 is 11.1 Å². The Morgan fingerprint density at radius 1 is 1.50 bits per heavy atom. The van der Waals surface area contributed by atoms with E-state index >= 15 is 0 Å². The summed E-state index contributed by atoms with van der Waals surface area (Å²) in [5, 5.41) is 4.53. The van der Waals surface area contributed by atoms with Crippen molar-refractivity contribution in [1.29, 1.82) is 0 Å². The standard InChI is InChI=1S/C13H18N4S/c1-7(9-3-4-9)6-15-11-10-5-8(2)18-12(10)17-13(14)16-11/h5,7,9H,3-4,6H2,1-2H3,(H3,14,15,16,17). The Morgan fingerprint density at radius 3 is 3.00 bits per heavy atom. The van der Waals surface area contributed by atoms with E-state index in [0.29, 0.717) is 11.9 Å². The van der Waals surface area contributed by atoms with Crippen molar-refractivity contribution >= 4 is 33.3 Å². The third-order valence-electron chi connectivity index (χ3n) is 3.55. The molecule has 1 atom stereocenters. The van der Waals surface area contributed by atoms with E-state index in [1.807, 2.05) is 0 Å².